The summed E-state index contributed by atoms with van der Waals surface area (Å²) in [5, 5.41) is 6.64. The number of aliphatic imine (C=N–C) groups is 1. The number of nitrogens with zero attached hydrogens (tertiary/aromatic N) is 1. The first kappa shape index (κ1) is 27.4. The van der Waals surface area contributed by atoms with Crippen LogP contribution in [-0.2, 0) is 12.8 Å². The number of ether oxygens (including phenoxy) is 1. The quantitative estimate of drug-likeness (QED) is 0.239. The van der Waals surface area contributed by atoms with Gasteiger partial charge in [0, 0.05) is 27.4 Å². The van der Waals surface area contributed by atoms with E-state index in [1.54, 1.807) is 23.5 Å². The van der Waals surface area contributed by atoms with Crippen LogP contribution in [0.2, 0.25) is 5.02 Å². The number of hydrogen-bond acceptors (Lipinski definition) is 4. The number of thiophene rings is 1. The Kier molecular flexibility index (Phi) is 7.84. The molecule has 0 saturated carbocycles. The summed E-state index contributed by atoms with van der Waals surface area (Å²) in [6.07, 6.45) is 4.81. The predicted octanol–water partition coefficient (Wildman–Crippen LogP) is 9.50. The van der Waals surface area contributed by atoms with Crippen LogP contribution >= 0.6 is 22.9 Å². The lowest BCUT2D eigenvalue weighted by Gasteiger charge is -2.33. The van der Waals surface area contributed by atoms with Crippen LogP contribution < -0.4 is 10.1 Å². The average Bonchev–Trinajstić information content (AvgIpc) is 3.26. The van der Waals surface area contributed by atoms with Gasteiger partial charge in [0.2, 0.25) is 0 Å². The van der Waals surface area contributed by atoms with Gasteiger partial charge in [-0.1, -0.05) is 62.7 Å². The molecule has 3 aromatic carbocycles. The topological polar surface area (TPSA) is 50.7 Å². The standard InChI is InChI=1S/C33H35ClN2O2S/c1-20(2)38-28-17-10-21-8-6-7-9-25(21)27(28)19-35-32-30(31(37)36-24-14-12-23(34)13-15-24)26-16-11-22(33(3,4)5)18-29(26)39-32/h6-10,12-15,17,19-20,22H,11,16,18H2,1-5H3,(H,36,37)/t22-/m0/s1. The smallest absolute Gasteiger partial charge is 0.259 e. The van der Waals surface area contributed by atoms with Crippen molar-refractivity contribution >= 4 is 56.5 Å². The van der Waals surface area contributed by atoms with Crippen LogP contribution in [0.4, 0.5) is 10.7 Å². The first-order valence-electron chi connectivity index (χ1n) is 13.5. The number of anilines is 1. The Morgan fingerprint density at radius 3 is 2.56 bits per heavy atom. The number of hydrogen-bond donors (Lipinski definition) is 1. The maximum atomic E-state index is 13.7. The van der Waals surface area contributed by atoms with Crippen LogP contribution in [0.25, 0.3) is 10.8 Å². The van der Waals surface area contributed by atoms with Crippen LogP contribution in [0.5, 0.6) is 5.75 Å². The molecule has 0 aliphatic heterocycles. The van der Waals surface area contributed by atoms with Crippen molar-refractivity contribution in [2.24, 2.45) is 16.3 Å². The second-order valence-corrected chi connectivity index (χ2v) is 13.1. The number of carbonyl (C=O) groups excluding carboxylic acids is 1. The monoisotopic (exact) mass is 558 g/mol. The molecular formula is C33H35ClN2O2S. The molecule has 6 heteroatoms. The highest BCUT2D eigenvalue weighted by atomic mass is 35.5. The molecule has 1 aliphatic rings. The third-order valence-electron chi connectivity index (χ3n) is 7.40. The predicted molar refractivity (Wildman–Crippen MR) is 166 cm³/mol. The fourth-order valence-electron chi connectivity index (χ4n) is 5.25. The van der Waals surface area contributed by atoms with Gasteiger partial charge < -0.3 is 10.1 Å². The largest absolute Gasteiger partial charge is 0.490 e. The fourth-order valence-corrected chi connectivity index (χ4v) is 6.65. The van der Waals surface area contributed by atoms with Crippen molar-refractivity contribution < 1.29 is 9.53 Å². The zero-order chi connectivity index (χ0) is 27.7. The summed E-state index contributed by atoms with van der Waals surface area (Å²) in [7, 11) is 0. The first-order valence-corrected chi connectivity index (χ1v) is 14.7. The fraction of sp³-hybridized carbons (Fsp3) is 0.333. The second-order valence-electron chi connectivity index (χ2n) is 11.6. The minimum absolute atomic E-state index is 0.0300. The Morgan fingerprint density at radius 2 is 1.85 bits per heavy atom. The van der Waals surface area contributed by atoms with Crippen molar-refractivity contribution in [1.29, 1.82) is 0 Å². The minimum atomic E-state index is -0.132. The minimum Gasteiger partial charge on any atom is -0.490 e. The zero-order valence-electron chi connectivity index (χ0n) is 23.2. The number of halogens is 1. The maximum absolute atomic E-state index is 13.7. The van der Waals surface area contributed by atoms with Gasteiger partial charge in [-0.2, -0.15) is 0 Å². The molecule has 4 aromatic rings. The summed E-state index contributed by atoms with van der Waals surface area (Å²) in [5.74, 6) is 1.22. The molecule has 1 heterocycles. The third kappa shape index (κ3) is 6.05. The van der Waals surface area contributed by atoms with Crippen LogP contribution in [0, 0.1) is 11.3 Å². The SMILES string of the molecule is CC(C)Oc1ccc2ccccc2c1C=Nc1sc2c(c1C(=O)Nc1ccc(Cl)cc1)CC[C@H](C(C)(C)C)C2. The van der Waals surface area contributed by atoms with Crippen molar-refractivity contribution in [3.8, 4) is 5.75 Å². The van der Waals surface area contributed by atoms with E-state index < -0.39 is 0 Å². The summed E-state index contributed by atoms with van der Waals surface area (Å²) < 4.78 is 6.16. The van der Waals surface area contributed by atoms with Crippen molar-refractivity contribution in [3.05, 3.63) is 87.3 Å². The normalized spacial score (nSPS) is 15.6. The molecule has 4 nitrogen and oxygen atoms in total. The lowest BCUT2D eigenvalue weighted by Crippen LogP contribution is -2.27. The number of rotatable bonds is 6. The molecule has 0 bridgehead atoms. The van der Waals surface area contributed by atoms with E-state index in [4.69, 9.17) is 21.3 Å². The van der Waals surface area contributed by atoms with E-state index in [0.29, 0.717) is 22.2 Å². The van der Waals surface area contributed by atoms with E-state index in [2.05, 4.69) is 44.3 Å². The summed E-state index contributed by atoms with van der Waals surface area (Å²) >= 11 is 7.71. The van der Waals surface area contributed by atoms with Crippen molar-refractivity contribution in [2.45, 2.75) is 60.0 Å². The number of amides is 1. The van der Waals surface area contributed by atoms with Gasteiger partial charge in [0.05, 0.1) is 11.7 Å². The van der Waals surface area contributed by atoms with Gasteiger partial charge >= 0.3 is 0 Å². The Labute approximate surface area is 240 Å². The van der Waals surface area contributed by atoms with Gasteiger partial charge in [-0.15, -0.1) is 11.3 Å². The Balaban J connectivity index is 1.58. The molecule has 202 valence electrons. The lowest BCUT2D eigenvalue weighted by atomic mass is 9.72. The zero-order valence-corrected chi connectivity index (χ0v) is 24.7. The van der Waals surface area contributed by atoms with Crippen molar-refractivity contribution in [2.75, 3.05) is 5.32 Å². The lowest BCUT2D eigenvalue weighted by molar-refractivity contribution is 0.102. The van der Waals surface area contributed by atoms with Crippen LogP contribution in [0.15, 0.2) is 65.7 Å². The highest BCUT2D eigenvalue weighted by molar-refractivity contribution is 7.16. The molecule has 1 atom stereocenters. The van der Waals surface area contributed by atoms with Gasteiger partial charge in [0.25, 0.3) is 5.91 Å². The molecule has 1 amide bonds. The molecule has 5 rings (SSSR count). The van der Waals surface area contributed by atoms with Gasteiger partial charge in [0.15, 0.2) is 0 Å². The molecule has 0 radical (unpaired) electrons. The number of fused-ring (bicyclic) bond motifs is 2. The summed E-state index contributed by atoms with van der Waals surface area (Å²) in [6, 6.07) is 19.5. The third-order valence-corrected chi connectivity index (χ3v) is 8.82. The van der Waals surface area contributed by atoms with Gasteiger partial charge in [-0.05, 0) is 91.1 Å². The Hall–Kier alpha value is -3.15. The van der Waals surface area contributed by atoms with E-state index >= 15 is 0 Å². The van der Waals surface area contributed by atoms with E-state index in [-0.39, 0.29) is 17.4 Å². The summed E-state index contributed by atoms with van der Waals surface area (Å²) in [4.78, 5) is 20.0. The van der Waals surface area contributed by atoms with Gasteiger partial charge in [-0.25, -0.2) is 4.99 Å². The molecule has 0 spiro atoms. The van der Waals surface area contributed by atoms with Crippen molar-refractivity contribution in [3.63, 3.8) is 0 Å². The number of benzene rings is 3. The van der Waals surface area contributed by atoms with Gasteiger partial charge in [0.1, 0.15) is 10.8 Å². The van der Waals surface area contributed by atoms with Crippen LogP contribution in [0.1, 0.15) is 67.4 Å². The molecular weight excluding hydrogens is 524 g/mol. The molecule has 1 aromatic heterocycles. The second kappa shape index (κ2) is 11.1. The summed E-state index contributed by atoms with van der Waals surface area (Å²) in [6.45, 7) is 11.0. The van der Waals surface area contributed by atoms with Crippen LogP contribution in [0.3, 0.4) is 0 Å². The highest BCUT2D eigenvalue weighted by Crippen LogP contribution is 2.45. The van der Waals surface area contributed by atoms with E-state index in [9.17, 15) is 4.79 Å². The summed E-state index contributed by atoms with van der Waals surface area (Å²) in [5.41, 5.74) is 3.66. The van der Waals surface area contributed by atoms with E-state index in [1.165, 1.54) is 4.88 Å². The molecule has 1 aliphatic carbocycles. The van der Waals surface area contributed by atoms with Crippen molar-refractivity contribution in [1.82, 2.24) is 0 Å². The molecule has 0 unspecified atom stereocenters. The number of carbonyl (C=O) groups is 1. The van der Waals surface area contributed by atoms with Gasteiger partial charge in [-0.3, -0.25) is 4.79 Å². The first-order chi connectivity index (χ1) is 18.6. The number of nitrogens with one attached hydrogen (secondary N) is 1. The molecule has 1 N–H and O–H groups in total. The molecule has 0 saturated heterocycles. The average molecular weight is 559 g/mol. The van der Waals surface area contributed by atoms with Crippen LogP contribution in [-0.4, -0.2) is 18.2 Å². The Bertz CT molecular complexity index is 1530. The molecule has 0 fully saturated rings. The Morgan fingerprint density at radius 1 is 1.10 bits per heavy atom. The molecule has 39 heavy (non-hydrogen) atoms. The van der Waals surface area contributed by atoms with E-state index in [0.717, 1.165) is 51.9 Å². The maximum Gasteiger partial charge on any atom is 0.259 e. The van der Waals surface area contributed by atoms with E-state index in [1.807, 2.05) is 50.4 Å². The highest BCUT2D eigenvalue weighted by Gasteiger charge is 2.33.